The first-order chi connectivity index (χ1) is 28.7. The Kier molecular flexibility index (Phi) is 8.11. The topological polar surface area (TPSA) is 51.6 Å². The Morgan fingerprint density at radius 1 is 0.293 bits per heavy atom. The van der Waals surface area contributed by atoms with Crippen LogP contribution in [0.2, 0.25) is 0 Å². The van der Waals surface area contributed by atoms with Crippen LogP contribution >= 0.6 is 0 Å². The van der Waals surface area contributed by atoms with Crippen LogP contribution in [0.4, 0.5) is 0 Å². The van der Waals surface area contributed by atoms with Crippen molar-refractivity contribution < 1.29 is 0 Å². The van der Waals surface area contributed by atoms with Gasteiger partial charge in [0, 0.05) is 56.4 Å². The Bertz CT molecular complexity index is 3200. The molecule has 58 heavy (non-hydrogen) atoms. The molecule has 11 rings (SSSR count). The fourth-order valence-corrected chi connectivity index (χ4v) is 8.28. The van der Waals surface area contributed by atoms with Crippen LogP contribution in [0.15, 0.2) is 207 Å². The quantitative estimate of drug-likeness (QED) is 0.159. The van der Waals surface area contributed by atoms with Gasteiger partial charge in [-0.2, -0.15) is 0 Å². The molecule has 0 amide bonds. The number of rotatable bonds is 6. The molecule has 0 aliphatic carbocycles. The predicted molar refractivity (Wildman–Crippen MR) is 240 cm³/mol. The molecule has 0 atom stereocenters. The van der Waals surface area contributed by atoms with Gasteiger partial charge in [-0.3, -0.25) is 9.97 Å². The first kappa shape index (κ1) is 33.5. The second kappa shape index (κ2) is 14.0. The first-order valence-electron chi connectivity index (χ1n) is 19.5. The second-order valence-electron chi connectivity index (χ2n) is 14.6. The molecule has 0 bridgehead atoms. The molecule has 4 aromatic heterocycles. The van der Waals surface area contributed by atoms with E-state index in [9.17, 15) is 0 Å². The van der Waals surface area contributed by atoms with Gasteiger partial charge in [0.2, 0.25) is 0 Å². The Hall–Kier alpha value is -7.82. The zero-order valence-corrected chi connectivity index (χ0v) is 31.4. The summed E-state index contributed by atoms with van der Waals surface area (Å²) in [5.74, 6) is 0. The number of fused-ring (bicyclic) bond motifs is 6. The van der Waals surface area contributed by atoms with Crippen LogP contribution in [0.5, 0.6) is 0 Å². The largest absolute Gasteiger partial charge is 0.256 e. The van der Waals surface area contributed by atoms with Crippen molar-refractivity contribution in [3.8, 4) is 67.4 Å². The molecule has 4 nitrogen and oxygen atoms in total. The third kappa shape index (κ3) is 5.96. The van der Waals surface area contributed by atoms with Gasteiger partial charge in [0.15, 0.2) is 0 Å². The summed E-state index contributed by atoms with van der Waals surface area (Å²) in [6, 6.07) is 68.5. The van der Waals surface area contributed by atoms with Crippen LogP contribution < -0.4 is 0 Å². The maximum Gasteiger partial charge on any atom is 0.0788 e. The van der Waals surface area contributed by atoms with Gasteiger partial charge in [0.05, 0.1) is 34.0 Å². The van der Waals surface area contributed by atoms with Gasteiger partial charge in [-0.25, -0.2) is 9.97 Å². The van der Waals surface area contributed by atoms with Crippen molar-refractivity contribution in [2.45, 2.75) is 0 Å². The van der Waals surface area contributed by atoms with E-state index in [0.29, 0.717) is 0 Å². The first-order valence-corrected chi connectivity index (χ1v) is 19.5. The molecule has 0 N–H and O–H groups in total. The van der Waals surface area contributed by atoms with E-state index in [0.717, 1.165) is 83.7 Å². The summed E-state index contributed by atoms with van der Waals surface area (Å²) in [6.07, 6.45) is 3.66. The van der Waals surface area contributed by atoms with E-state index < -0.39 is 0 Å². The summed E-state index contributed by atoms with van der Waals surface area (Å²) in [5.41, 5.74) is 13.1. The molecular formula is C54H34N4. The van der Waals surface area contributed by atoms with E-state index in [4.69, 9.17) is 9.97 Å². The average Bonchev–Trinajstić information content (AvgIpc) is 3.31. The average molecular weight is 739 g/mol. The van der Waals surface area contributed by atoms with Gasteiger partial charge >= 0.3 is 0 Å². The van der Waals surface area contributed by atoms with Crippen molar-refractivity contribution in [2.24, 2.45) is 0 Å². The lowest BCUT2D eigenvalue weighted by molar-refractivity contribution is 1.31. The molecule has 270 valence electrons. The number of hydrogen-bond donors (Lipinski definition) is 0. The Labute approximate surface area is 335 Å². The van der Waals surface area contributed by atoms with Gasteiger partial charge in [0.25, 0.3) is 0 Å². The zero-order chi connectivity index (χ0) is 38.4. The molecule has 0 aliphatic heterocycles. The van der Waals surface area contributed by atoms with Gasteiger partial charge in [-0.15, -0.1) is 0 Å². The number of nitrogens with zero attached hydrogens (tertiary/aromatic N) is 4. The molecule has 0 unspecified atom stereocenters. The Morgan fingerprint density at radius 3 is 1.43 bits per heavy atom. The minimum atomic E-state index is 0.893. The number of aromatic nitrogens is 4. The van der Waals surface area contributed by atoms with Crippen LogP contribution in [0.1, 0.15) is 0 Å². The van der Waals surface area contributed by atoms with Crippen LogP contribution in [0, 0.1) is 0 Å². The van der Waals surface area contributed by atoms with Crippen LogP contribution in [0.3, 0.4) is 0 Å². The minimum Gasteiger partial charge on any atom is -0.256 e. The Morgan fingerprint density at radius 2 is 0.810 bits per heavy atom. The lowest BCUT2D eigenvalue weighted by Crippen LogP contribution is -1.95. The monoisotopic (exact) mass is 738 g/mol. The molecular weight excluding hydrogens is 705 g/mol. The van der Waals surface area contributed by atoms with Gasteiger partial charge in [-0.05, 0) is 87.3 Å². The predicted octanol–water partition coefficient (Wildman–Crippen LogP) is 13.9. The maximum atomic E-state index is 5.40. The zero-order valence-electron chi connectivity index (χ0n) is 31.4. The van der Waals surface area contributed by atoms with Crippen molar-refractivity contribution in [3.63, 3.8) is 0 Å². The summed E-state index contributed by atoms with van der Waals surface area (Å²) in [4.78, 5) is 19.9. The molecule has 0 spiro atoms. The smallest absolute Gasteiger partial charge is 0.0788 e. The maximum absolute atomic E-state index is 5.40. The molecule has 0 fully saturated rings. The molecule has 7 aromatic carbocycles. The fourth-order valence-electron chi connectivity index (χ4n) is 8.28. The highest BCUT2D eigenvalue weighted by atomic mass is 14.7. The summed E-state index contributed by atoms with van der Waals surface area (Å²) >= 11 is 0. The summed E-state index contributed by atoms with van der Waals surface area (Å²) in [5, 5.41) is 8.22. The van der Waals surface area contributed by atoms with E-state index in [1.54, 1.807) is 0 Å². The SMILES string of the molecule is c1ccc(-c2ccc(-c3cc(-c4cc5c(-c6ccc7ccccc7c6)nc6ccccc6c5c5ccccc45)cc(-c4ccc(-c5ccccn5)cc4)n3)cc2)nc1. The molecule has 0 saturated heterocycles. The van der Waals surface area contributed by atoms with Crippen LogP contribution in [-0.4, -0.2) is 19.9 Å². The van der Waals surface area contributed by atoms with E-state index >= 15 is 0 Å². The number of para-hydroxylation sites is 1. The third-order valence-corrected chi connectivity index (χ3v) is 11.1. The van der Waals surface area contributed by atoms with Gasteiger partial charge < -0.3 is 0 Å². The summed E-state index contributed by atoms with van der Waals surface area (Å²) in [6.45, 7) is 0. The standard InChI is InChI=1S/C54H34N4/c1-2-12-40-31-41(28-19-35(40)11-1)54-47-34-46(43-13-3-4-14-44(43)53(47)45-15-5-6-18-50(45)58-54)42-32-51(38-24-20-36(21-25-38)48-16-7-9-29-55-48)57-52(33-42)39-26-22-37(23-27-39)49-17-8-10-30-56-49/h1-34H. The number of benzene rings is 7. The normalized spacial score (nSPS) is 11.4. The lowest BCUT2D eigenvalue weighted by Gasteiger charge is -2.17. The van der Waals surface area contributed by atoms with E-state index in [1.165, 1.54) is 26.9 Å². The molecule has 0 radical (unpaired) electrons. The van der Waals surface area contributed by atoms with E-state index in [1.807, 2.05) is 48.8 Å². The number of pyridine rings is 4. The van der Waals surface area contributed by atoms with Crippen LogP contribution in [0.25, 0.3) is 111 Å². The van der Waals surface area contributed by atoms with Crippen molar-refractivity contribution in [2.75, 3.05) is 0 Å². The van der Waals surface area contributed by atoms with Crippen molar-refractivity contribution >= 4 is 43.2 Å². The highest BCUT2D eigenvalue weighted by Gasteiger charge is 2.19. The van der Waals surface area contributed by atoms with Crippen LogP contribution in [-0.2, 0) is 0 Å². The third-order valence-electron chi connectivity index (χ3n) is 11.1. The van der Waals surface area contributed by atoms with Gasteiger partial charge in [-0.1, -0.05) is 140 Å². The second-order valence-corrected chi connectivity index (χ2v) is 14.6. The highest BCUT2D eigenvalue weighted by molar-refractivity contribution is 6.25. The Balaban J connectivity index is 1.16. The molecule has 0 saturated carbocycles. The van der Waals surface area contributed by atoms with E-state index in [-0.39, 0.29) is 0 Å². The summed E-state index contributed by atoms with van der Waals surface area (Å²) < 4.78 is 0. The molecule has 0 aliphatic rings. The molecule has 4 heterocycles. The van der Waals surface area contributed by atoms with Crippen molar-refractivity contribution in [3.05, 3.63) is 207 Å². The van der Waals surface area contributed by atoms with Crippen molar-refractivity contribution in [1.82, 2.24) is 19.9 Å². The van der Waals surface area contributed by atoms with E-state index in [2.05, 4.69) is 168 Å². The lowest BCUT2D eigenvalue weighted by atomic mass is 9.89. The fraction of sp³-hybridized carbons (Fsp3) is 0. The molecule has 4 heteroatoms. The minimum absolute atomic E-state index is 0.893. The van der Waals surface area contributed by atoms with Gasteiger partial charge in [0.1, 0.15) is 0 Å². The molecule has 11 aromatic rings. The number of hydrogen-bond acceptors (Lipinski definition) is 4. The highest BCUT2D eigenvalue weighted by Crippen LogP contribution is 2.43. The van der Waals surface area contributed by atoms with Crippen molar-refractivity contribution in [1.29, 1.82) is 0 Å². The summed E-state index contributed by atoms with van der Waals surface area (Å²) in [7, 11) is 0.